The van der Waals surface area contributed by atoms with Crippen LogP contribution in [0.5, 0.6) is 11.5 Å². The van der Waals surface area contributed by atoms with Crippen LogP contribution in [0.3, 0.4) is 0 Å². The predicted octanol–water partition coefficient (Wildman–Crippen LogP) is 3.76. The average Bonchev–Trinajstić information content (AvgIpc) is 3.36. The fraction of sp³-hybridized carbons (Fsp3) is 0.345. The van der Waals surface area contributed by atoms with Crippen LogP contribution in [0.25, 0.3) is 11.0 Å². The Kier molecular flexibility index (Phi) is 8.00. The van der Waals surface area contributed by atoms with Crippen molar-refractivity contribution in [2.45, 2.75) is 57.3 Å². The van der Waals surface area contributed by atoms with Gasteiger partial charge in [-0.3, -0.25) is 14.6 Å². The van der Waals surface area contributed by atoms with Crippen molar-refractivity contribution < 1.29 is 19.4 Å². The molecule has 1 aliphatic rings. The van der Waals surface area contributed by atoms with Gasteiger partial charge in [-0.25, -0.2) is 4.68 Å². The normalized spacial score (nSPS) is 14.6. The average molecular weight is 529 g/mol. The number of carbonyl (C=O) groups is 2. The fourth-order valence-electron chi connectivity index (χ4n) is 5.14. The van der Waals surface area contributed by atoms with Crippen LogP contribution in [-0.4, -0.2) is 55.0 Å². The third kappa shape index (κ3) is 6.00. The highest BCUT2D eigenvalue weighted by atomic mass is 16.5. The highest BCUT2D eigenvalue weighted by molar-refractivity contribution is 5.89. The van der Waals surface area contributed by atoms with E-state index in [1.54, 1.807) is 30.6 Å². The molecule has 5 rings (SSSR count). The zero-order valence-corrected chi connectivity index (χ0v) is 21.9. The summed E-state index contributed by atoms with van der Waals surface area (Å²) in [4.78, 5) is 33.7. The summed E-state index contributed by atoms with van der Waals surface area (Å²) in [6, 6.07) is 14.9. The summed E-state index contributed by atoms with van der Waals surface area (Å²) >= 11 is 0. The molecular weight excluding hydrogens is 496 g/mol. The Morgan fingerprint density at radius 3 is 2.69 bits per heavy atom. The number of carbonyl (C=O) groups excluding carboxylic acids is 2. The van der Waals surface area contributed by atoms with E-state index in [4.69, 9.17) is 4.74 Å². The molecule has 0 spiro atoms. The highest BCUT2D eigenvalue weighted by Crippen LogP contribution is 2.33. The number of para-hydroxylation sites is 1. The molecule has 202 valence electrons. The van der Waals surface area contributed by atoms with Gasteiger partial charge in [-0.1, -0.05) is 48.7 Å². The number of rotatable bonds is 9. The molecule has 2 aromatic carbocycles. The largest absolute Gasteiger partial charge is 0.504 e. The summed E-state index contributed by atoms with van der Waals surface area (Å²) in [5.74, 6) is -0.452. The molecule has 0 bridgehead atoms. The molecular formula is C29H32N6O4. The van der Waals surface area contributed by atoms with E-state index in [9.17, 15) is 14.7 Å². The van der Waals surface area contributed by atoms with Crippen molar-refractivity contribution in [3.63, 3.8) is 0 Å². The van der Waals surface area contributed by atoms with Gasteiger partial charge in [-0.2, -0.15) is 0 Å². The van der Waals surface area contributed by atoms with Gasteiger partial charge < -0.3 is 20.1 Å². The first-order valence-electron chi connectivity index (χ1n) is 13.2. The molecule has 0 radical (unpaired) electrons. The second-order valence-corrected chi connectivity index (χ2v) is 9.80. The van der Waals surface area contributed by atoms with Crippen LogP contribution < -0.4 is 10.1 Å². The van der Waals surface area contributed by atoms with Gasteiger partial charge in [0.1, 0.15) is 18.1 Å². The molecule has 4 aromatic rings. The molecule has 1 fully saturated rings. The quantitative estimate of drug-likeness (QED) is 0.339. The SMILES string of the molecule is COc1ccc(C(C(=O)NC2CCCCC2)N(Cc2cccnc2)C(=O)Cn2nnc3ccccc32)cc1O. The van der Waals surface area contributed by atoms with Crippen LogP contribution in [0.15, 0.2) is 67.0 Å². The van der Waals surface area contributed by atoms with Crippen molar-refractivity contribution in [3.05, 3.63) is 78.1 Å². The molecule has 1 saturated carbocycles. The third-order valence-corrected chi connectivity index (χ3v) is 7.13. The summed E-state index contributed by atoms with van der Waals surface area (Å²) < 4.78 is 6.76. The number of amides is 2. The number of pyridine rings is 1. The maximum absolute atomic E-state index is 14.0. The third-order valence-electron chi connectivity index (χ3n) is 7.13. The van der Waals surface area contributed by atoms with E-state index < -0.39 is 6.04 Å². The van der Waals surface area contributed by atoms with Crippen molar-refractivity contribution in [1.29, 1.82) is 0 Å². The van der Waals surface area contributed by atoms with E-state index in [2.05, 4.69) is 20.6 Å². The lowest BCUT2D eigenvalue weighted by Crippen LogP contribution is -2.47. The van der Waals surface area contributed by atoms with E-state index in [1.165, 1.54) is 22.8 Å². The number of nitrogens with one attached hydrogen (secondary N) is 1. The smallest absolute Gasteiger partial charge is 0.247 e. The first kappa shape index (κ1) is 26.1. The molecule has 2 aromatic heterocycles. The lowest BCUT2D eigenvalue weighted by Gasteiger charge is -2.33. The Morgan fingerprint density at radius 1 is 1.13 bits per heavy atom. The minimum atomic E-state index is -1.01. The lowest BCUT2D eigenvalue weighted by molar-refractivity contribution is -0.142. The van der Waals surface area contributed by atoms with Gasteiger partial charge in [0.15, 0.2) is 11.5 Å². The van der Waals surface area contributed by atoms with Crippen LogP contribution in [0.2, 0.25) is 0 Å². The maximum atomic E-state index is 14.0. The number of phenolic OH excluding ortho intramolecular Hbond substituents is 1. The van der Waals surface area contributed by atoms with Gasteiger partial charge in [0.2, 0.25) is 11.8 Å². The van der Waals surface area contributed by atoms with Crippen molar-refractivity contribution in [2.75, 3.05) is 7.11 Å². The first-order chi connectivity index (χ1) is 19.0. The maximum Gasteiger partial charge on any atom is 0.247 e. The van der Waals surface area contributed by atoms with Gasteiger partial charge in [-0.05, 0) is 54.3 Å². The molecule has 2 amide bonds. The van der Waals surface area contributed by atoms with Crippen molar-refractivity contribution in [2.24, 2.45) is 0 Å². The van der Waals surface area contributed by atoms with Gasteiger partial charge >= 0.3 is 0 Å². The van der Waals surface area contributed by atoms with Crippen LogP contribution in [0.4, 0.5) is 0 Å². The molecule has 2 N–H and O–H groups in total. The molecule has 1 unspecified atom stereocenters. The van der Waals surface area contributed by atoms with E-state index in [1.807, 2.05) is 30.3 Å². The van der Waals surface area contributed by atoms with E-state index >= 15 is 0 Å². The number of methoxy groups -OCH3 is 1. The van der Waals surface area contributed by atoms with Crippen LogP contribution in [-0.2, 0) is 22.7 Å². The molecule has 1 atom stereocenters. The Balaban J connectivity index is 1.53. The van der Waals surface area contributed by atoms with Crippen molar-refractivity contribution in [3.8, 4) is 11.5 Å². The van der Waals surface area contributed by atoms with Crippen LogP contribution in [0, 0.1) is 0 Å². The fourth-order valence-corrected chi connectivity index (χ4v) is 5.14. The minimum absolute atomic E-state index is 0.0372. The molecule has 10 heteroatoms. The summed E-state index contributed by atoms with van der Waals surface area (Å²) in [6.07, 6.45) is 8.38. The first-order valence-corrected chi connectivity index (χ1v) is 13.2. The molecule has 10 nitrogen and oxygen atoms in total. The minimum Gasteiger partial charge on any atom is -0.504 e. The lowest BCUT2D eigenvalue weighted by atomic mass is 9.94. The monoisotopic (exact) mass is 528 g/mol. The Labute approximate surface area is 226 Å². The zero-order chi connectivity index (χ0) is 27.2. The Morgan fingerprint density at radius 2 is 1.95 bits per heavy atom. The van der Waals surface area contributed by atoms with Crippen LogP contribution >= 0.6 is 0 Å². The topological polar surface area (TPSA) is 122 Å². The molecule has 0 saturated heterocycles. The standard InChI is InChI=1S/C29H32N6O4/c1-39-26-14-13-21(16-25(26)36)28(29(38)31-22-9-3-2-4-10-22)34(18-20-8-7-15-30-17-20)27(37)19-35-24-12-6-5-11-23(24)32-33-35/h5-8,11-17,22,28,36H,2-4,9-10,18-19H2,1H3,(H,31,38). The number of fused-ring (bicyclic) bond motifs is 1. The number of aromatic hydroxyl groups is 1. The van der Waals surface area contributed by atoms with Gasteiger partial charge in [-0.15, -0.1) is 5.10 Å². The molecule has 39 heavy (non-hydrogen) atoms. The predicted molar refractivity (Wildman–Crippen MR) is 145 cm³/mol. The van der Waals surface area contributed by atoms with Crippen molar-refractivity contribution in [1.82, 2.24) is 30.2 Å². The van der Waals surface area contributed by atoms with E-state index in [-0.39, 0.29) is 42.4 Å². The highest BCUT2D eigenvalue weighted by Gasteiger charge is 2.34. The van der Waals surface area contributed by atoms with Crippen molar-refractivity contribution >= 4 is 22.8 Å². The number of phenols is 1. The Hall–Kier alpha value is -4.47. The molecule has 0 aliphatic heterocycles. The number of aromatic nitrogens is 4. The summed E-state index contributed by atoms with van der Waals surface area (Å²) in [5, 5.41) is 22.1. The second-order valence-electron chi connectivity index (χ2n) is 9.80. The number of hydrogen-bond donors (Lipinski definition) is 2. The van der Waals surface area contributed by atoms with Gasteiger partial charge in [0.25, 0.3) is 0 Å². The second kappa shape index (κ2) is 11.9. The summed E-state index contributed by atoms with van der Waals surface area (Å²) in [7, 11) is 1.46. The number of ether oxygens (including phenoxy) is 1. The van der Waals surface area contributed by atoms with Gasteiger partial charge in [0, 0.05) is 25.0 Å². The Bertz CT molecular complexity index is 1430. The van der Waals surface area contributed by atoms with Crippen LogP contribution in [0.1, 0.15) is 49.3 Å². The van der Waals surface area contributed by atoms with Gasteiger partial charge in [0.05, 0.1) is 12.6 Å². The van der Waals surface area contributed by atoms with E-state index in [0.717, 1.165) is 43.2 Å². The van der Waals surface area contributed by atoms with E-state index in [0.29, 0.717) is 11.1 Å². The summed E-state index contributed by atoms with van der Waals surface area (Å²) in [5.41, 5.74) is 2.64. The number of benzene rings is 2. The number of nitrogens with zero attached hydrogens (tertiary/aromatic N) is 5. The zero-order valence-electron chi connectivity index (χ0n) is 21.9. The number of hydrogen-bond acceptors (Lipinski definition) is 7. The molecule has 2 heterocycles. The summed E-state index contributed by atoms with van der Waals surface area (Å²) in [6.45, 7) is 0.0188. The molecule has 1 aliphatic carbocycles.